The summed E-state index contributed by atoms with van der Waals surface area (Å²) in [4.78, 5) is 23.9. The summed E-state index contributed by atoms with van der Waals surface area (Å²) in [5, 5.41) is 2.96. The second-order valence-electron chi connectivity index (χ2n) is 7.05. The fraction of sp³-hybridized carbons (Fsp3) is 0.250. The quantitative estimate of drug-likeness (QED) is 0.610. The first-order valence-electron chi connectivity index (χ1n) is 9.10. The van der Waals surface area contributed by atoms with Gasteiger partial charge in [-0.25, -0.2) is 9.97 Å². The van der Waals surface area contributed by atoms with Crippen LogP contribution < -0.4 is 5.32 Å². The van der Waals surface area contributed by atoms with Crippen molar-refractivity contribution in [3.8, 4) is 0 Å². The van der Waals surface area contributed by atoms with Crippen LogP contribution in [0.4, 0.5) is 5.69 Å². The number of nitrogens with zero attached hydrogens (tertiary/aromatic N) is 5. The second-order valence-corrected chi connectivity index (χ2v) is 7.05. The molecule has 1 saturated heterocycles. The van der Waals surface area contributed by atoms with Gasteiger partial charge in [-0.05, 0) is 50.7 Å². The number of aromatic nitrogens is 4. The summed E-state index contributed by atoms with van der Waals surface area (Å²) in [7, 11) is 2.14. The Morgan fingerprint density at radius 1 is 1.15 bits per heavy atom. The van der Waals surface area contributed by atoms with Crippen LogP contribution >= 0.6 is 0 Å². The molecule has 4 aromatic rings. The van der Waals surface area contributed by atoms with E-state index in [0.717, 1.165) is 35.6 Å². The molecule has 1 N–H and O–H groups in total. The third-order valence-electron chi connectivity index (χ3n) is 5.25. The summed E-state index contributed by atoms with van der Waals surface area (Å²) in [5.74, 6) is -0.157. The van der Waals surface area contributed by atoms with Gasteiger partial charge in [-0.15, -0.1) is 0 Å². The molecule has 7 heteroatoms. The summed E-state index contributed by atoms with van der Waals surface area (Å²) >= 11 is 0. The minimum atomic E-state index is -0.157. The van der Waals surface area contributed by atoms with E-state index >= 15 is 0 Å². The Morgan fingerprint density at radius 2 is 2.07 bits per heavy atom. The lowest BCUT2D eigenvalue weighted by molar-refractivity contribution is 0.102. The van der Waals surface area contributed by atoms with Gasteiger partial charge in [0.2, 0.25) is 0 Å². The van der Waals surface area contributed by atoms with Crippen molar-refractivity contribution in [1.82, 2.24) is 23.7 Å². The van der Waals surface area contributed by atoms with E-state index in [1.54, 1.807) is 18.3 Å². The highest BCUT2D eigenvalue weighted by Gasteiger charge is 2.24. The van der Waals surface area contributed by atoms with Gasteiger partial charge >= 0.3 is 0 Å². The highest BCUT2D eigenvalue weighted by molar-refractivity contribution is 6.04. The van der Waals surface area contributed by atoms with Crippen molar-refractivity contribution in [2.45, 2.75) is 18.9 Å². The number of fused-ring (bicyclic) bond motifs is 2. The van der Waals surface area contributed by atoms with Gasteiger partial charge in [0.1, 0.15) is 11.3 Å². The van der Waals surface area contributed by atoms with Crippen LogP contribution in [0.2, 0.25) is 0 Å². The van der Waals surface area contributed by atoms with Gasteiger partial charge in [0.05, 0.1) is 17.4 Å². The molecule has 1 aliphatic heterocycles. The predicted octanol–water partition coefficient (Wildman–Crippen LogP) is 3.00. The maximum Gasteiger partial charge on any atom is 0.255 e. The monoisotopic (exact) mass is 360 g/mol. The number of hydrogen-bond donors (Lipinski definition) is 1. The molecule has 7 nitrogen and oxygen atoms in total. The lowest BCUT2D eigenvalue weighted by Gasteiger charge is -2.16. The minimum Gasteiger partial charge on any atom is -0.321 e. The van der Waals surface area contributed by atoms with Crippen molar-refractivity contribution < 1.29 is 4.79 Å². The highest BCUT2D eigenvalue weighted by Crippen LogP contribution is 2.30. The maximum absolute atomic E-state index is 12.6. The highest BCUT2D eigenvalue weighted by atomic mass is 16.1. The molecular formula is C20H20N6O. The fourth-order valence-electron chi connectivity index (χ4n) is 3.78. The lowest BCUT2D eigenvalue weighted by Crippen LogP contribution is -2.17. The van der Waals surface area contributed by atoms with Gasteiger partial charge in [0.25, 0.3) is 5.91 Å². The largest absolute Gasteiger partial charge is 0.321 e. The molecular weight excluding hydrogens is 340 g/mol. The van der Waals surface area contributed by atoms with Crippen molar-refractivity contribution in [3.63, 3.8) is 0 Å². The molecule has 0 aromatic carbocycles. The first-order valence-corrected chi connectivity index (χ1v) is 9.10. The van der Waals surface area contributed by atoms with Crippen LogP contribution in [-0.2, 0) is 0 Å². The molecule has 5 rings (SSSR count). The lowest BCUT2D eigenvalue weighted by atomic mass is 10.2. The summed E-state index contributed by atoms with van der Waals surface area (Å²) in [6.07, 6.45) is 11.7. The number of carbonyl (C=O) groups is 1. The van der Waals surface area contributed by atoms with E-state index in [1.807, 2.05) is 39.5 Å². The van der Waals surface area contributed by atoms with E-state index in [0.29, 0.717) is 11.6 Å². The number of amides is 1. The minimum absolute atomic E-state index is 0.157. The fourth-order valence-corrected chi connectivity index (χ4v) is 3.78. The molecule has 4 aromatic heterocycles. The number of carbonyl (C=O) groups excluding carboxylic acids is 1. The topological polar surface area (TPSA) is 66.9 Å². The van der Waals surface area contributed by atoms with Crippen LogP contribution in [0.3, 0.4) is 0 Å². The average Bonchev–Trinajstić information content (AvgIpc) is 3.39. The van der Waals surface area contributed by atoms with Crippen molar-refractivity contribution in [3.05, 3.63) is 66.5 Å². The average molecular weight is 360 g/mol. The molecule has 5 heterocycles. The number of rotatable bonds is 3. The molecule has 0 radical (unpaired) electrons. The zero-order valence-corrected chi connectivity index (χ0v) is 15.0. The van der Waals surface area contributed by atoms with Gasteiger partial charge in [-0.3, -0.25) is 9.69 Å². The van der Waals surface area contributed by atoms with Crippen LogP contribution in [0.1, 0.15) is 34.9 Å². The summed E-state index contributed by atoms with van der Waals surface area (Å²) in [6.45, 7) is 1.11. The third kappa shape index (κ3) is 2.86. The van der Waals surface area contributed by atoms with Crippen molar-refractivity contribution in [2.24, 2.45) is 0 Å². The van der Waals surface area contributed by atoms with E-state index in [9.17, 15) is 4.79 Å². The number of pyridine rings is 2. The molecule has 0 bridgehead atoms. The van der Waals surface area contributed by atoms with Crippen molar-refractivity contribution in [2.75, 3.05) is 18.9 Å². The first kappa shape index (κ1) is 16.0. The molecule has 1 atom stereocenters. The molecule has 1 fully saturated rings. The van der Waals surface area contributed by atoms with E-state index < -0.39 is 0 Å². The number of imidazole rings is 2. The van der Waals surface area contributed by atoms with Crippen LogP contribution in [-0.4, -0.2) is 43.2 Å². The second kappa shape index (κ2) is 6.21. The van der Waals surface area contributed by atoms with Gasteiger partial charge in [-0.1, -0.05) is 0 Å². The Labute approximate surface area is 156 Å². The molecule has 1 aliphatic rings. The first-order chi connectivity index (χ1) is 13.2. The van der Waals surface area contributed by atoms with E-state index in [4.69, 9.17) is 4.98 Å². The Hall–Kier alpha value is -3.19. The van der Waals surface area contributed by atoms with Gasteiger partial charge in [-0.2, -0.15) is 0 Å². The maximum atomic E-state index is 12.6. The SMILES string of the molecule is CN1CCCC1c1cn2cc(NC(=O)c3ccn4ccnc4c3)ccc2n1. The molecule has 0 aliphatic carbocycles. The van der Waals surface area contributed by atoms with E-state index in [-0.39, 0.29) is 5.91 Å². The Balaban J connectivity index is 1.40. The predicted molar refractivity (Wildman–Crippen MR) is 103 cm³/mol. The van der Waals surface area contributed by atoms with E-state index in [1.165, 1.54) is 6.42 Å². The van der Waals surface area contributed by atoms with Crippen LogP contribution in [0.25, 0.3) is 11.3 Å². The van der Waals surface area contributed by atoms with Crippen LogP contribution in [0.5, 0.6) is 0 Å². The van der Waals surface area contributed by atoms with Gasteiger partial charge < -0.3 is 14.1 Å². The van der Waals surface area contributed by atoms with Crippen molar-refractivity contribution >= 4 is 22.9 Å². The number of hydrogen-bond acceptors (Lipinski definition) is 4. The van der Waals surface area contributed by atoms with Gasteiger partial charge in [0.15, 0.2) is 0 Å². The Morgan fingerprint density at radius 3 is 2.93 bits per heavy atom. The Bertz CT molecular complexity index is 1140. The number of anilines is 1. The normalized spacial score (nSPS) is 17.7. The third-order valence-corrected chi connectivity index (χ3v) is 5.25. The van der Waals surface area contributed by atoms with Gasteiger partial charge in [0, 0.05) is 36.5 Å². The summed E-state index contributed by atoms with van der Waals surface area (Å²) < 4.78 is 3.85. The zero-order valence-electron chi connectivity index (χ0n) is 15.0. The number of likely N-dealkylation sites (tertiary alicyclic amines) is 1. The molecule has 1 unspecified atom stereocenters. The van der Waals surface area contributed by atoms with Crippen LogP contribution in [0.15, 0.2) is 55.2 Å². The molecule has 27 heavy (non-hydrogen) atoms. The molecule has 1 amide bonds. The molecule has 0 spiro atoms. The van der Waals surface area contributed by atoms with E-state index in [2.05, 4.69) is 28.4 Å². The smallest absolute Gasteiger partial charge is 0.255 e. The molecule has 136 valence electrons. The zero-order chi connectivity index (χ0) is 18.4. The van der Waals surface area contributed by atoms with Crippen LogP contribution in [0, 0.1) is 0 Å². The standard InChI is InChI=1S/C20H20N6O/c1-24-8-2-3-17(24)16-13-26-12-15(4-5-18(26)23-16)22-20(27)14-6-9-25-10-7-21-19(25)11-14/h4-7,9-13,17H,2-3,8H2,1H3,(H,22,27). The molecule has 0 saturated carbocycles. The summed E-state index contributed by atoms with van der Waals surface area (Å²) in [5.41, 5.74) is 4.04. The summed E-state index contributed by atoms with van der Waals surface area (Å²) in [6, 6.07) is 7.76. The number of nitrogens with one attached hydrogen (secondary N) is 1. The Kier molecular flexibility index (Phi) is 3.68. The van der Waals surface area contributed by atoms with Crippen molar-refractivity contribution in [1.29, 1.82) is 0 Å².